The maximum absolute atomic E-state index is 4.73. The monoisotopic (exact) mass is 351 g/mol. The van der Waals surface area contributed by atoms with Gasteiger partial charge in [0.2, 0.25) is 0 Å². The third-order valence-electron chi connectivity index (χ3n) is 5.53. The number of nitrogens with zero attached hydrogens (tertiary/aromatic N) is 3. The first kappa shape index (κ1) is 17.4. The molecule has 0 aliphatic carbocycles. The first-order chi connectivity index (χ1) is 12.8. The molecule has 3 heterocycles. The van der Waals surface area contributed by atoms with Crippen LogP contribution in [0.3, 0.4) is 0 Å². The number of nitrogens with one attached hydrogen (secondary N) is 2. The van der Waals surface area contributed by atoms with Crippen LogP contribution >= 0.6 is 0 Å². The molecular formula is C21H29N5. The van der Waals surface area contributed by atoms with E-state index in [1.807, 2.05) is 6.92 Å². The Labute approximate surface area is 156 Å². The number of benzene rings is 1. The van der Waals surface area contributed by atoms with Crippen LogP contribution in [0.15, 0.2) is 30.3 Å². The highest BCUT2D eigenvalue weighted by Gasteiger charge is 2.23. The lowest BCUT2D eigenvalue weighted by molar-refractivity contribution is 0.170. The fraction of sp³-hybridized carbons (Fsp3) is 0.524. The minimum atomic E-state index is 0.393. The summed E-state index contributed by atoms with van der Waals surface area (Å²) in [5.41, 5.74) is 3.84. The van der Waals surface area contributed by atoms with Crippen molar-refractivity contribution in [2.45, 2.75) is 45.2 Å². The molecule has 5 heteroatoms. The molecule has 1 fully saturated rings. The van der Waals surface area contributed by atoms with E-state index >= 15 is 0 Å². The Balaban J connectivity index is 1.56. The van der Waals surface area contributed by atoms with Gasteiger partial charge in [-0.15, -0.1) is 0 Å². The van der Waals surface area contributed by atoms with E-state index in [2.05, 4.69) is 50.8 Å². The van der Waals surface area contributed by atoms with Crippen molar-refractivity contribution in [2.75, 3.05) is 31.5 Å². The second-order valence-electron chi connectivity index (χ2n) is 7.38. The van der Waals surface area contributed by atoms with Gasteiger partial charge in [-0.3, -0.25) is 4.90 Å². The summed E-state index contributed by atoms with van der Waals surface area (Å²) in [5, 5.41) is 7.10. The molecule has 2 aromatic rings. The van der Waals surface area contributed by atoms with E-state index in [1.54, 1.807) is 0 Å². The molecule has 1 aromatic carbocycles. The van der Waals surface area contributed by atoms with Gasteiger partial charge in [0, 0.05) is 18.7 Å². The summed E-state index contributed by atoms with van der Waals surface area (Å²) in [7, 11) is 0. The molecule has 1 unspecified atom stereocenters. The summed E-state index contributed by atoms with van der Waals surface area (Å²) in [4.78, 5) is 12.0. The van der Waals surface area contributed by atoms with Crippen molar-refractivity contribution in [3.8, 4) is 0 Å². The van der Waals surface area contributed by atoms with Crippen molar-refractivity contribution in [3.63, 3.8) is 0 Å². The van der Waals surface area contributed by atoms with Crippen LogP contribution in [0.4, 0.5) is 5.82 Å². The summed E-state index contributed by atoms with van der Waals surface area (Å²) in [6.07, 6.45) is 4.96. The van der Waals surface area contributed by atoms with E-state index < -0.39 is 0 Å². The van der Waals surface area contributed by atoms with Crippen LogP contribution in [0.2, 0.25) is 0 Å². The molecule has 1 atom stereocenters. The summed E-state index contributed by atoms with van der Waals surface area (Å²) >= 11 is 0. The van der Waals surface area contributed by atoms with Gasteiger partial charge in [-0.05, 0) is 51.4 Å². The smallest absolute Gasteiger partial charge is 0.133 e. The number of hydrogen-bond acceptors (Lipinski definition) is 5. The number of piperidine rings is 1. The Morgan fingerprint density at radius 3 is 2.73 bits per heavy atom. The molecule has 5 nitrogen and oxygen atoms in total. The molecule has 0 spiro atoms. The lowest BCUT2D eigenvalue weighted by Crippen LogP contribution is -2.37. The molecule has 0 bridgehead atoms. The van der Waals surface area contributed by atoms with Gasteiger partial charge in [0.25, 0.3) is 0 Å². The lowest BCUT2D eigenvalue weighted by Gasteiger charge is -2.35. The molecule has 2 aliphatic rings. The van der Waals surface area contributed by atoms with Gasteiger partial charge in [0.05, 0.1) is 11.7 Å². The van der Waals surface area contributed by atoms with Crippen molar-refractivity contribution in [1.29, 1.82) is 0 Å². The number of aryl methyl sites for hydroxylation is 1. The first-order valence-electron chi connectivity index (χ1n) is 9.91. The van der Waals surface area contributed by atoms with Crippen LogP contribution in [0.1, 0.15) is 47.9 Å². The molecule has 1 saturated heterocycles. The second kappa shape index (κ2) is 8.14. The number of hydrogen-bond donors (Lipinski definition) is 2. The van der Waals surface area contributed by atoms with Crippen molar-refractivity contribution in [2.24, 2.45) is 0 Å². The number of fused-ring (bicyclic) bond motifs is 1. The Hall–Kier alpha value is -1.98. The summed E-state index contributed by atoms with van der Waals surface area (Å²) in [6.45, 7) is 7.10. The molecule has 138 valence electrons. The highest BCUT2D eigenvalue weighted by molar-refractivity contribution is 5.48. The topological polar surface area (TPSA) is 53.1 Å². The highest BCUT2D eigenvalue weighted by Crippen LogP contribution is 2.26. The fourth-order valence-corrected chi connectivity index (χ4v) is 4.19. The van der Waals surface area contributed by atoms with E-state index in [-0.39, 0.29) is 0 Å². The molecule has 0 amide bonds. The molecule has 0 radical (unpaired) electrons. The Bertz CT molecular complexity index is 725. The van der Waals surface area contributed by atoms with Gasteiger partial charge >= 0.3 is 0 Å². The minimum absolute atomic E-state index is 0.393. The first-order valence-corrected chi connectivity index (χ1v) is 9.91. The van der Waals surface area contributed by atoms with Crippen molar-refractivity contribution in [3.05, 3.63) is 53.0 Å². The van der Waals surface area contributed by atoms with Crippen LogP contribution in [-0.4, -0.2) is 41.0 Å². The van der Waals surface area contributed by atoms with Gasteiger partial charge in [-0.1, -0.05) is 36.8 Å². The maximum atomic E-state index is 4.73. The van der Waals surface area contributed by atoms with Crippen LogP contribution in [0.25, 0.3) is 0 Å². The van der Waals surface area contributed by atoms with Gasteiger partial charge in [0.15, 0.2) is 0 Å². The van der Waals surface area contributed by atoms with E-state index in [4.69, 9.17) is 4.98 Å². The van der Waals surface area contributed by atoms with E-state index in [1.165, 1.54) is 43.5 Å². The highest BCUT2D eigenvalue weighted by atomic mass is 15.2. The van der Waals surface area contributed by atoms with Crippen molar-refractivity contribution >= 4 is 5.82 Å². The average Bonchev–Trinajstić information content (AvgIpc) is 2.69. The standard InChI is InChI=1S/C21H29N5/c1-16-24-19-14-22-11-10-18(19)21(25-16)23-15-20(17-8-4-2-5-9-17)26-12-6-3-7-13-26/h2,4-5,8-9,20,22H,3,6-7,10-15H2,1H3,(H,23,24,25). The minimum Gasteiger partial charge on any atom is -0.368 e. The Morgan fingerprint density at radius 2 is 1.92 bits per heavy atom. The number of rotatable bonds is 5. The molecular weight excluding hydrogens is 322 g/mol. The van der Waals surface area contributed by atoms with E-state index in [0.29, 0.717) is 6.04 Å². The number of aromatic nitrogens is 2. The van der Waals surface area contributed by atoms with Gasteiger partial charge < -0.3 is 10.6 Å². The maximum Gasteiger partial charge on any atom is 0.133 e. The summed E-state index contributed by atoms with van der Waals surface area (Å²) < 4.78 is 0. The van der Waals surface area contributed by atoms with E-state index in [0.717, 1.165) is 43.4 Å². The van der Waals surface area contributed by atoms with Gasteiger partial charge in [-0.25, -0.2) is 9.97 Å². The fourth-order valence-electron chi connectivity index (χ4n) is 4.19. The molecule has 1 aromatic heterocycles. The predicted octanol–water partition coefficient (Wildman–Crippen LogP) is 3.07. The van der Waals surface area contributed by atoms with Crippen molar-refractivity contribution < 1.29 is 0 Å². The molecule has 4 rings (SSSR count). The molecule has 0 saturated carbocycles. The third-order valence-corrected chi connectivity index (χ3v) is 5.53. The Morgan fingerprint density at radius 1 is 1.12 bits per heavy atom. The van der Waals surface area contributed by atoms with E-state index in [9.17, 15) is 0 Å². The zero-order valence-corrected chi connectivity index (χ0v) is 15.7. The predicted molar refractivity (Wildman–Crippen MR) is 105 cm³/mol. The second-order valence-corrected chi connectivity index (χ2v) is 7.38. The van der Waals surface area contributed by atoms with Gasteiger partial charge in [0.1, 0.15) is 11.6 Å². The van der Waals surface area contributed by atoms with Crippen LogP contribution in [-0.2, 0) is 13.0 Å². The number of anilines is 1. The summed E-state index contributed by atoms with van der Waals surface area (Å²) in [6, 6.07) is 11.3. The zero-order valence-electron chi connectivity index (χ0n) is 15.7. The Kier molecular flexibility index (Phi) is 5.46. The zero-order chi connectivity index (χ0) is 17.8. The quantitative estimate of drug-likeness (QED) is 0.867. The largest absolute Gasteiger partial charge is 0.368 e. The lowest BCUT2D eigenvalue weighted by atomic mass is 10.0. The molecule has 2 N–H and O–H groups in total. The normalized spacial score (nSPS) is 19.0. The van der Waals surface area contributed by atoms with Gasteiger partial charge in [-0.2, -0.15) is 0 Å². The van der Waals surface area contributed by atoms with Crippen LogP contribution < -0.4 is 10.6 Å². The third kappa shape index (κ3) is 3.89. The average molecular weight is 351 g/mol. The molecule has 2 aliphatic heterocycles. The van der Waals surface area contributed by atoms with Crippen LogP contribution in [0.5, 0.6) is 0 Å². The van der Waals surface area contributed by atoms with Crippen LogP contribution in [0, 0.1) is 6.92 Å². The number of likely N-dealkylation sites (tertiary alicyclic amines) is 1. The molecule has 26 heavy (non-hydrogen) atoms. The van der Waals surface area contributed by atoms with Crippen molar-refractivity contribution in [1.82, 2.24) is 20.2 Å². The SMILES string of the molecule is Cc1nc2c(c(NCC(c3ccccc3)N3CCCCC3)n1)CCNC2. The summed E-state index contributed by atoms with van der Waals surface area (Å²) in [5.74, 6) is 1.89.